The van der Waals surface area contributed by atoms with Crippen LogP contribution in [-0.2, 0) is 19.1 Å². The summed E-state index contributed by atoms with van der Waals surface area (Å²) >= 11 is 0. The van der Waals surface area contributed by atoms with E-state index in [1.165, 1.54) is 44.2 Å². The molecule has 0 aromatic heterocycles. The molecule has 8 nitrogen and oxygen atoms in total. The average molecular weight is 501 g/mol. The van der Waals surface area contributed by atoms with Crippen molar-refractivity contribution in [1.29, 1.82) is 0 Å². The van der Waals surface area contributed by atoms with Gasteiger partial charge in [0.15, 0.2) is 0 Å². The molecule has 0 amide bonds. The van der Waals surface area contributed by atoms with Crippen LogP contribution in [0.5, 0.6) is 0 Å². The van der Waals surface area contributed by atoms with Gasteiger partial charge in [-0.3, -0.25) is 19.9 Å². The van der Waals surface area contributed by atoms with Gasteiger partial charge in [-0.1, -0.05) is 64.0 Å². The lowest BCUT2D eigenvalue weighted by molar-refractivity contribution is -0.384. The van der Waals surface area contributed by atoms with Gasteiger partial charge >= 0.3 is 11.9 Å². The Morgan fingerprint density at radius 3 is 2.31 bits per heavy atom. The highest BCUT2D eigenvalue weighted by Gasteiger charge is 2.43. The summed E-state index contributed by atoms with van der Waals surface area (Å²) in [6.45, 7) is 9.37. The lowest BCUT2D eigenvalue weighted by atomic mass is 9.75. The number of non-ortho nitro benzene ring substituents is 1. The highest BCUT2D eigenvalue weighted by Crippen LogP contribution is 2.41. The second-order valence-electron chi connectivity index (χ2n) is 9.66. The smallest absolute Gasteiger partial charge is 0.336 e. The van der Waals surface area contributed by atoms with Crippen LogP contribution >= 0.6 is 0 Å². The number of allylic oxidation sites excluding steroid dienone is 1. The van der Waals surface area contributed by atoms with E-state index in [2.05, 4.69) is 11.9 Å². The molecule has 198 valence electrons. The summed E-state index contributed by atoms with van der Waals surface area (Å²) in [7, 11) is 0. The Balaban J connectivity index is 2.23. The molecule has 0 saturated heterocycles. The molecule has 0 saturated carbocycles. The summed E-state index contributed by atoms with van der Waals surface area (Å²) < 4.78 is 11.1. The van der Waals surface area contributed by atoms with E-state index in [4.69, 9.17) is 9.47 Å². The largest absolute Gasteiger partial charge is 0.462 e. The molecule has 1 aliphatic rings. The molecule has 2 rings (SSSR count). The minimum absolute atomic E-state index is 0.118. The average Bonchev–Trinajstić information content (AvgIpc) is 2.81. The zero-order chi connectivity index (χ0) is 26.7. The van der Waals surface area contributed by atoms with Crippen molar-refractivity contribution >= 4 is 23.3 Å². The maximum Gasteiger partial charge on any atom is 0.336 e. The Hall–Kier alpha value is -3.03. The molecule has 0 radical (unpaired) electrons. The summed E-state index contributed by atoms with van der Waals surface area (Å²) in [5.74, 6) is -2.75. The van der Waals surface area contributed by atoms with E-state index in [0.717, 1.165) is 19.3 Å². The van der Waals surface area contributed by atoms with E-state index < -0.39 is 28.7 Å². The van der Waals surface area contributed by atoms with Crippen LogP contribution in [0.25, 0.3) is 0 Å². The van der Waals surface area contributed by atoms with E-state index in [9.17, 15) is 19.7 Å². The number of carbonyl (C=O) groups is 2. The van der Waals surface area contributed by atoms with Gasteiger partial charge in [-0.2, -0.15) is 0 Å². The van der Waals surface area contributed by atoms with E-state index in [-0.39, 0.29) is 24.0 Å². The number of nitro benzene ring substituents is 1. The number of esters is 2. The molecule has 2 atom stereocenters. The van der Waals surface area contributed by atoms with Crippen molar-refractivity contribution in [3.05, 3.63) is 51.2 Å². The topological polar surface area (TPSA) is 108 Å². The minimum Gasteiger partial charge on any atom is -0.462 e. The summed E-state index contributed by atoms with van der Waals surface area (Å²) in [6, 6.07) is 6.02. The van der Waals surface area contributed by atoms with E-state index in [1.54, 1.807) is 39.8 Å². The molecule has 0 aliphatic carbocycles. The first-order valence-corrected chi connectivity index (χ1v) is 13.0. The van der Waals surface area contributed by atoms with Crippen LogP contribution in [0.3, 0.4) is 0 Å². The normalized spacial score (nSPS) is 17.7. The van der Waals surface area contributed by atoms with E-state index >= 15 is 0 Å². The number of aliphatic imine (C=N–C) groups is 1. The molecule has 0 fully saturated rings. The maximum absolute atomic E-state index is 13.3. The SMILES string of the molecule is CCCCCCCCCCOC(=O)C1=C(C)N=C(C)C(C(=O)OC(C)C)C1c1cccc([N+](=O)[O-])c1. The van der Waals surface area contributed by atoms with E-state index in [1.807, 2.05) is 0 Å². The summed E-state index contributed by atoms with van der Waals surface area (Å²) in [5.41, 5.74) is 1.54. The second kappa shape index (κ2) is 14.5. The van der Waals surface area contributed by atoms with E-state index in [0.29, 0.717) is 17.0 Å². The molecule has 2 unspecified atom stereocenters. The highest BCUT2D eigenvalue weighted by molar-refractivity contribution is 6.07. The molecule has 1 aliphatic heterocycles. The minimum atomic E-state index is -0.885. The second-order valence-corrected chi connectivity index (χ2v) is 9.66. The summed E-state index contributed by atoms with van der Waals surface area (Å²) in [6.07, 6.45) is 8.65. The predicted octanol–water partition coefficient (Wildman–Crippen LogP) is 6.68. The molecule has 0 spiro atoms. The van der Waals surface area contributed by atoms with Gasteiger partial charge < -0.3 is 9.47 Å². The zero-order valence-corrected chi connectivity index (χ0v) is 22.2. The van der Waals surface area contributed by atoms with Gasteiger partial charge in [0.2, 0.25) is 0 Å². The number of benzene rings is 1. The molecule has 8 heteroatoms. The van der Waals surface area contributed by atoms with Gasteiger partial charge in [0.1, 0.15) is 5.92 Å². The number of ether oxygens (including phenoxy) is 2. The summed E-state index contributed by atoms with van der Waals surface area (Å²) in [4.78, 5) is 41.8. The molecule has 1 aromatic carbocycles. The zero-order valence-electron chi connectivity index (χ0n) is 22.2. The van der Waals surface area contributed by atoms with Crippen LogP contribution in [-0.4, -0.2) is 35.3 Å². The Kier molecular flexibility index (Phi) is 11.8. The van der Waals surface area contributed by atoms with Crippen molar-refractivity contribution in [3.63, 3.8) is 0 Å². The van der Waals surface area contributed by atoms with Gasteiger partial charge in [-0.25, -0.2) is 4.79 Å². The van der Waals surface area contributed by atoms with Crippen molar-refractivity contribution in [3.8, 4) is 0 Å². The van der Waals surface area contributed by atoms with Crippen molar-refractivity contribution < 1.29 is 24.0 Å². The Morgan fingerprint density at radius 1 is 1.06 bits per heavy atom. The van der Waals surface area contributed by atoms with Gasteiger partial charge in [-0.15, -0.1) is 0 Å². The van der Waals surface area contributed by atoms with Gasteiger partial charge in [0.25, 0.3) is 5.69 Å². The van der Waals surface area contributed by atoms with Crippen LogP contribution in [0.15, 0.2) is 40.5 Å². The Morgan fingerprint density at radius 2 is 1.69 bits per heavy atom. The quantitative estimate of drug-likeness (QED) is 0.122. The van der Waals surface area contributed by atoms with Gasteiger partial charge in [-0.05, 0) is 39.7 Å². The highest BCUT2D eigenvalue weighted by atomic mass is 16.6. The number of rotatable bonds is 14. The fraction of sp³-hybridized carbons (Fsp3) is 0.607. The van der Waals surface area contributed by atoms with Crippen LogP contribution in [0, 0.1) is 16.0 Å². The first-order valence-electron chi connectivity index (χ1n) is 13.0. The first-order chi connectivity index (χ1) is 17.2. The van der Waals surface area contributed by atoms with Crippen molar-refractivity contribution in [2.45, 2.75) is 98.0 Å². The molecule has 36 heavy (non-hydrogen) atoms. The third-order valence-corrected chi connectivity index (χ3v) is 6.33. The van der Waals surface area contributed by atoms with Crippen LogP contribution < -0.4 is 0 Å². The lowest BCUT2D eigenvalue weighted by Crippen LogP contribution is -2.37. The lowest BCUT2D eigenvalue weighted by Gasteiger charge is -2.32. The third kappa shape index (κ3) is 8.28. The number of nitro groups is 1. The van der Waals surface area contributed by atoms with Gasteiger partial charge in [0.05, 0.1) is 23.2 Å². The molecule has 1 aromatic rings. The molecular formula is C28H40N2O6. The number of nitrogens with zero attached hydrogens (tertiary/aromatic N) is 2. The first kappa shape index (κ1) is 29.2. The monoisotopic (exact) mass is 500 g/mol. The Bertz CT molecular complexity index is 982. The number of carbonyl (C=O) groups excluding carboxylic acids is 2. The molecule has 0 bridgehead atoms. The fourth-order valence-corrected chi connectivity index (χ4v) is 4.58. The predicted molar refractivity (Wildman–Crippen MR) is 140 cm³/mol. The van der Waals surface area contributed by atoms with Gasteiger partial charge in [0, 0.05) is 29.5 Å². The van der Waals surface area contributed by atoms with Crippen molar-refractivity contribution in [2.75, 3.05) is 6.61 Å². The molecular weight excluding hydrogens is 460 g/mol. The number of hydrogen-bond donors (Lipinski definition) is 0. The number of unbranched alkanes of at least 4 members (excludes halogenated alkanes) is 7. The Labute approximate surface area is 214 Å². The third-order valence-electron chi connectivity index (χ3n) is 6.33. The molecule has 0 N–H and O–H groups in total. The number of hydrogen-bond acceptors (Lipinski definition) is 7. The van der Waals surface area contributed by atoms with Crippen LogP contribution in [0.2, 0.25) is 0 Å². The van der Waals surface area contributed by atoms with Crippen molar-refractivity contribution in [1.82, 2.24) is 0 Å². The molecule has 1 heterocycles. The standard InChI is InChI=1S/C28H40N2O6/c1-6-7-8-9-10-11-12-13-17-35-27(31)24-20(4)29-21(5)25(28(32)36-19(2)3)26(24)22-15-14-16-23(18-22)30(33)34/h14-16,18-19,25-26H,6-13,17H2,1-5H3. The van der Waals surface area contributed by atoms with Crippen molar-refractivity contribution in [2.24, 2.45) is 10.9 Å². The van der Waals surface area contributed by atoms with Crippen LogP contribution in [0.1, 0.15) is 97.5 Å². The maximum atomic E-state index is 13.3. The fourth-order valence-electron chi connectivity index (χ4n) is 4.58. The summed E-state index contributed by atoms with van der Waals surface area (Å²) in [5, 5.41) is 11.4. The van der Waals surface area contributed by atoms with Crippen LogP contribution in [0.4, 0.5) is 5.69 Å².